The van der Waals surface area contributed by atoms with Gasteiger partial charge in [0.15, 0.2) is 0 Å². The largest absolute Gasteiger partial charge is 0.321 e. The van der Waals surface area contributed by atoms with Crippen molar-refractivity contribution in [1.82, 2.24) is 5.43 Å². The van der Waals surface area contributed by atoms with E-state index in [2.05, 4.69) is 15.8 Å². The van der Waals surface area contributed by atoms with Gasteiger partial charge in [-0.15, -0.1) is 0 Å². The lowest BCUT2D eigenvalue weighted by molar-refractivity contribution is 0.0956. The molecule has 4 rings (SSSR count). The van der Waals surface area contributed by atoms with E-state index in [1.807, 2.05) is 42.5 Å². The molecule has 0 spiro atoms. The van der Waals surface area contributed by atoms with Gasteiger partial charge in [-0.2, -0.15) is 5.10 Å². The number of nitrogens with one attached hydrogen (secondary N) is 2. The molecule has 0 heterocycles. The SMILES string of the molecule is O=C(Nc1ccccc1C(=O)N/N=C/c1cccc2ccccc12)c1ccc(Cl)cc1. The third kappa shape index (κ3) is 4.79. The van der Waals surface area contributed by atoms with Crippen LogP contribution in [0, 0.1) is 0 Å². The zero-order chi connectivity index (χ0) is 21.6. The van der Waals surface area contributed by atoms with E-state index in [1.165, 1.54) is 0 Å². The minimum Gasteiger partial charge on any atom is -0.321 e. The normalized spacial score (nSPS) is 10.9. The van der Waals surface area contributed by atoms with Gasteiger partial charge >= 0.3 is 0 Å². The maximum Gasteiger partial charge on any atom is 0.273 e. The third-order valence-electron chi connectivity index (χ3n) is 4.72. The van der Waals surface area contributed by atoms with Gasteiger partial charge in [-0.1, -0.05) is 66.2 Å². The fourth-order valence-electron chi connectivity index (χ4n) is 3.17. The van der Waals surface area contributed by atoms with Gasteiger partial charge in [-0.25, -0.2) is 5.43 Å². The van der Waals surface area contributed by atoms with Crippen LogP contribution in [0.1, 0.15) is 26.3 Å². The number of hydrogen-bond acceptors (Lipinski definition) is 3. The quantitative estimate of drug-likeness (QED) is 0.325. The maximum absolute atomic E-state index is 12.7. The molecule has 5 nitrogen and oxygen atoms in total. The molecule has 0 radical (unpaired) electrons. The number of nitrogens with zero attached hydrogens (tertiary/aromatic N) is 1. The Morgan fingerprint density at radius 1 is 0.774 bits per heavy atom. The molecule has 0 aliphatic heterocycles. The zero-order valence-electron chi connectivity index (χ0n) is 16.4. The summed E-state index contributed by atoms with van der Waals surface area (Å²) in [7, 11) is 0. The topological polar surface area (TPSA) is 70.6 Å². The molecule has 4 aromatic carbocycles. The van der Waals surface area contributed by atoms with E-state index in [4.69, 9.17) is 11.6 Å². The summed E-state index contributed by atoms with van der Waals surface area (Å²) in [4.78, 5) is 25.2. The highest BCUT2D eigenvalue weighted by Gasteiger charge is 2.13. The molecule has 6 heteroatoms. The molecule has 0 aliphatic rings. The predicted octanol–water partition coefficient (Wildman–Crippen LogP) is 5.51. The van der Waals surface area contributed by atoms with E-state index in [0.717, 1.165) is 16.3 Å². The molecule has 2 amide bonds. The highest BCUT2D eigenvalue weighted by Crippen LogP contribution is 2.18. The van der Waals surface area contributed by atoms with E-state index in [0.29, 0.717) is 21.8 Å². The monoisotopic (exact) mass is 427 g/mol. The van der Waals surface area contributed by atoms with Crippen molar-refractivity contribution in [3.8, 4) is 0 Å². The lowest BCUT2D eigenvalue weighted by Gasteiger charge is -2.10. The van der Waals surface area contributed by atoms with Crippen molar-refractivity contribution in [3.63, 3.8) is 0 Å². The molecule has 0 fully saturated rings. The number of hydrazone groups is 1. The number of anilines is 1. The first-order valence-corrected chi connectivity index (χ1v) is 9.97. The molecule has 0 unspecified atom stereocenters. The molecule has 2 N–H and O–H groups in total. The molecule has 0 saturated carbocycles. The van der Waals surface area contributed by atoms with Gasteiger partial charge in [0, 0.05) is 16.1 Å². The number of amides is 2. The van der Waals surface area contributed by atoms with Crippen LogP contribution < -0.4 is 10.7 Å². The average Bonchev–Trinajstić information content (AvgIpc) is 2.80. The van der Waals surface area contributed by atoms with Crippen LogP contribution in [0.5, 0.6) is 0 Å². The zero-order valence-corrected chi connectivity index (χ0v) is 17.1. The molecule has 31 heavy (non-hydrogen) atoms. The average molecular weight is 428 g/mol. The summed E-state index contributed by atoms with van der Waals surface area (Å²) >= 11 is 5.87. The lowest BCUT2D eigenvalue weighted by atomic mass is 10.1. The van der Waals surface area contributed by atoms with Crippen molar-refractivity contribution in [2.45, 2.75) is 0 Å². The van der Waals surface area contributed by atoms with Crippen LogP contribution >= 0.6 is 11.6 Å². The van der Waals surface area contributed by atoms with Crippen LogP contribution in [-0.2, 0) is 0 Å². The Bertz CT molecular complexity index is 1280. The van der Waals surface area contributed by atoms with E-state index in [-0.39, 0.29) is 5.91 Å². The van der Waals surface area contributed by atoms with E-state index in [1.54, 1.807) is 54.7 Å². The van der Waals surface area contributed by atoms with Crippen LogP contribution in [0.25, 0.3) is 10.8 Å². The Morgan fingerprint density at radius 2 is 1.48 bits per heavy atom. The number of carbonyl (C=O) groups excluding carboxylic acids is 2. The van der Waals surface area contributed by atoms with Gasteiger partial charge in [0.1, 0.15) is 0 Å². The lowest BCUT2D eigenvalue weighted by Crippen LogP contribution is -2.21. The Balaban J connectivity index is 1.49. The minimum absolute atomic E-state index is 0.305. The molecule has 0 aliphatic carbocycles. The first-order chi connectivity index (χ1) is 15.1. The van der Waals surface area contributed by atoms with Crippen molar-refractivity contribution >= 4 is 46.1 Å². The second-order valence-electron chi connectivity index (χ2n) is 6.77. The fourth-order valence-corrected chi connectivity index (χ4v) is 3.30. The molecular formula is C25H18ClN3O2. The van der Waals surface area contributed by atoms with Gasteiger partial charge in [0.05, 0.1) is 17.5 Å². The molecule has 4 aromatic rings. The van der Waals surface area contributed by atoms with Gasteiger partial charge in [-0.05, 0) is 47.2 Å². The van der Waals surface area contributed by atoms with E-state index < -0.39 is 5.91 Å². The van der Waals surface area contributed by atoms with Crippen molar-refractivity contribution in [3.05, 3.63) is 113 Å². The first-order valence-electron chi connectivity index (χ1n) is 9.59. The van der Waals surface area contributed by atoms with Gasteiger partial charge in [0.25, 0.3) is 11.8 Å². The summed E-state index contributed by atoms with van der Waals surface area (Å²) in [5.74, 6) is -0.764. The Kier molecular flexibility index (Phi) is 6.05. The minimum atomic E-state index is -0.427. The van der Waals surface area contributed by atoms with Crippen LogP contribution in [0.2, 0.25) is 5.02 Å². The smallest absolute Gasteiger partial charge is 0.273 e. The number of para-hydroxylation sites is 1. The van der Waals surface area contributed by atoms with Crippen LogP contribution in [0.15, 0.2) is 96.1 Å². The summed E-state index contributed by atoms with van der Waals surface area (Å²) in [6.45, 7) is 0. The summed E-state index contributed by atoms with van der Waals surface area (Å²) in [6, 6.07) is 27.1. The van der Waals surface area contributed by atoms with Crippen LogP contribution in [-0.4, -0.2) is 18.0 Å². The number of carbonyl (C=O) groups is 2. The fraction of sp³-hybridized carbons (Fsp3) is 0. The standard InChI is InChI=1S/C25H18ClN3O2/c26-20-14-12-18(13-15-20)24(30)28-23-11-4-3-10-22(23)25(31)29-27-16-19-8-5-7-17-6-1-2-9-21(17)19/h1-16H,(H,28,30)(H,29,31)/b27-16+. The molecule has 0 bridgehead atoms. The van der Waals surface area contributed by atoms with Crippen molar-refractivity contribution in [1.29, 1.82) is 0 Å². The van der Waals surface area contributed by atoms with Crippen molar-refractivity contribution < 1.29 is 9.59 Å². The Morgan fingerprint density at radius 3 is 2.32 bits per heavy atom. The second-order valence-corrected chi connectivity index (χ2v) is 7.21. The number of fused-ring (bicyclic) bond motifs is 1. The number of halogens is 1. The summed E-state index contributed by atoms with van der Waals surface area (Å²) in [5.41, 5.74) is 4.56. The predicted molar refractivity (Wildman–Crippen MR) is 125 cm³/mol. The molecular weight excluding hydrogens is 410 g/mol. The highest BCUT2D eigenvalue weighted by molar-refractivity contribution is 6.30. The van der Waals surface area contributed by atoms with E-state index >= 15 is 0 Å². The highest BCUT2D eigenvalue weighted by atomic mass is 35.5. The Labute approximate surface area is 184 Å². The molecule has 0 atom stereocenters. The van der Waals surface area contributed by atoms with Crippen molar-refractivity contribution in [2.24, 2.45) is 5.10 Å². The van der Waals surface area contributed by atoms with Gasteiger partial charge < -0.3 is 5.32 Å². The Hall–Kier alpha value is -3.96. The van der Waals surface area contributed by atoms with E-state index in [9.17, 15) is 9.59 Å². The molecule has 152 valence electrons. The summed E-state index contributed by atoms with van der Waals surface area (Å²) in [5, 5.41) is 9.54. The number of benzene rings is 4. The first kappa shape index (κ1) is 20.3. The van der Waals surface area contributed by atoms with Gasteiger partial charge in [0.2, 0.25) is 0 Å². The molecule has 0 saturated heterocycles. The summed E-state index contributed by atoms with van der Waals surface area (Å²) in [6.07, 6.45) is 1.61. The third-order valence-corrected chi connectivity index (χ3v) is 4.97. The molecule has 0 aromatic heterocycles. The number of rotatable bonds is 5. The van der Waals surface area contributed by atoms with Crippen LogP contribution in [0.4, 0.5) is 5.69 Å². The second kappa shape index (κ2) is 9.24. The van der Waals surface area contributed by atoms with Gasteiger partial charge in [-0.3, -0.25) is 9.59 Å². The maximum atomic E-state index is 12.7. The number of hydrogen-bond donors (Lipinski definition) is 2. The van der Waals surface area contributed by atoms with Crippen molar-refractivity contribution in [2.75, 3.05) is 5.32 Å². The van der Waals surface area contributed by atoms with Crippen LogP contribution in [0.3, 0.4) is 0 Å². The summed E-state index contributed by atoms with van der Waals surface area (Å²) < 4.78 is 0.